The molecule has 2 unspecified atom stereocenters. The maximum Gasteiger partial charge on any atom is 0.326 e. The molecule has 0 spiro atoms. The fourth-order valence-corrected chi connectivity index (χ4v) is 3.04. The Hall–Kier alpha value is -1.93. The summed E-state index contributed by atoms with van der Waals surface area (Å²) in [6, 6.07) is 2.62. The van der Waals surface area contributed by atoms with Gasteiger partial charge in [-0.05, 0) is 11.4 Å². The molecule has 8 heteroatoms. The molecule has 22 heavy (non-hydrogen) atoms. The number of amides is 2. The molecule has 2 heterocycles. The second kappa shape index (κ2) is 7.37. The van der Waals surface area contributed by atoms with Gasteiger partial charge >= 0.3 is 5.97 Å². The molecule has 1 saturated heterocycles. The van der Waals surface area contributed by atoms with Gasteiger partial charge in [-0.1, -0.05) is 6.07 Å². The first-order valence-corrected chi connectivity index (χ1v) is 7.77. The Kier molecular flexibility index (Phi) is 5.51. The number of nitrogens with zero attached hydrogens (tertiary/aromatic N) is 1. The summed E-state index contributed by atoms with van der Waals surface area (Å²) in [6.45, 7) is 0.446. The van der Waals surface area contributed by atoms with Gasteiger partial charge in [0, 0.05) is 33.0 Å². The Morgan fingerprint density at radius 3 is 2.86 bits per heavy atom. The van der Waals surface area contributed by atoms with Gasteiger partial charge < -0.3 is 20.1 Å². The van der Waals surface area contributed by atoms with Crippen molar-refractivity contribution >= 4 is 29.1 Å². The van der Waals surface area contributed by atoms with Crippen LogP contribution in [0.2, 0.25) is 0 Å². The van der Waals surface area contributed by atoms with E-state index in [0.717, 1.165) is 0 Å². The number of carbonyl (C=O) groups is 3. The molecule has 2 amide bonds. The molecule has 2 rings (SSSR count). The van der Waals surface area contributed by atoms with Crippen LogP contribution in [0.5, 0.6) is 0 Å². The molecule has 0 saturated carbocycles. The van der Waals surface area contributed by atoms with E-state index in [2.05, 4.69) is 5.32 Å². The first kappa shape index (κ1) is 16.4. The summed E-state index contributed by atoms with van der Waals surface area (Å²) in [6.07, 6.45) is 0.0990. The molecular weight excluding hydrogens is 308 g/mol. The minimum atomic E-state index is -1.03. The average Bonchev–Trinajstić information content (AvgIpc) is 3.16. The van der Waals surface area contributed by atoms with Crippen LogP contribution in [0.1, 0.15) is 22.5 Å². The van der Waals surface area contributed by atoms with Gasteiger partial charge in [-0.15, -0.1) is 11.3 Å². The van der Waals surface area contributed by atoms with Crippen LogP contribution < -0.4 is 5.32 Å². The lowest BCUT2D eigenvalue weighted by Gasteiger charge is -2.21. The van der Waals surface area contributed by atoms with Crippen LogP contribution in [0.3, 0.4) is 0 Å². The fraction of sp³-hybridized carbons (Fsp3) is 0.500. The van der Waals surface area contributed by atoms with Crippen LogP contribution in [-0.2, 0) is 14.3 Å². The van der Waals surface area contributed by atoms with E-state index in [1.165, 1.54) is 23.3 Å². The largest absolute Gasteiger partial charge is 0.480 e. The molecule has 7 nitrogen and oxygen atoms in total. The highest BCUT2D eigenvalue weighted by molar-refractivity contribution is 7.12. The van der Waals surface area contributed by atoms with Crippen LogP contribution in [0.4, 0.5) is 0 Å². The summed E-state index contributed by atoms with van der Waals surface area (Å²) in [5, 5.41) is 13.6. The number of aliphatic carboxylic acids is 1. The van der Waals surface area contributed by atoms with E-state index in [4.69, 9.17) is 9.84 Å². The van der Waals surface area contributed by atoms with Gasteiger partial charge in [0.15, 0.2) is 0 Å². The van der Waals surface area contributed by atoms with Gasteiger partial charge in [0.2, 0.25) is 5.91 Å². The van der Waals surface area contributed by atoms with E-state index in [-0.39, 0.29) is 37.4 Å². The van der Waals surface area contributed by atoms with Gasteiger partial charge in [-0.3, -0.25) is 9.59 Å². The zero-order chi connectivity index (χ0) is 16.1. The van der Waals surface area contributed by atoms with E-state index >= 15 is 0 Å². The molecular formula is C14H18N2O5S. The first-order chi connectivity index (χ1) is 10.5. The molecule has 0 radical (unpaired) electrons. The van der Waals surface area contributed by atoms with Crippen molar-refractivity contribution in [3.63, 3.8) is 0 Å². The summed E-state index contributed by atoms with van der Waals surface area (Å²) < 4.78 is 5.14. The van der Waals surface area contributed by atoms with Gasteiger partial charge in [0.1, 0.15) is 6.04 Å². The molecule has 1 aliphatic heterocycles. The highest BCUT2D eigenvalue weighted by atomic mass is 32.1. The number of hydrogen-bond donors (Lipinski definition) is 2. The molecule has 2 atom stereocenters. The summed E-state index contributed by atoms with van der Waals surface area (Å²) in [5.74, 6) is -1.55. The van der Waals surface area contributed by atoms with Crippen molar-refractivity contribution in [3.8, 4) is 0 Å². The highest BCUT2D eigenvalue weighted by Crippen LogP contribution is 2.21. The molecule has 2 N–H and O–H groups in total. The predicted octanol–water partition coefficient (Wildman–Crippen LogP) is 0.568. The summed E-state index contributed by atoms with van der Waals surface area (Å²) in [4.78, 5) is 37.0. The smallest absolute Gasteiger partial charge is 0.326 e. The number of ether oxygens (including phenoxy) is 1. The Morgan fingerprint density at radius 1 is 1.50 bits per heavy atom. The second-order valence-corrected chi connectivity index (χ2v) is 5.92. The molecule has 0 aromatic carbocycles. The lowest BCUT2D eigenvalue weighted by atomic mass is 10.2. The van der Waals surface area contributed by atoms with Crippen molar-refractivity contribution < 1.29 is 24.2 Å². The number of rotatable bonds is 6. The molecule has 1 aromatic heterocycles. The molecule has 1 fully saturated rings. The van der Waals surface area contributed by atoms with Crippen molar-refractivity contribution in [3.05, 3.63) is 22.4 Å². The van der Waals surface area contributed by atoms with Crippen LogP contribution >= 0.6 is 11.3 Å². The van der Waals surface area contributed by atoms with E-state index in [9.17, 15) is 14.4 Å². The summed E-state index contributed by atoms with van der Waals surface area (Å²) >= 11 is 1.32. The fourth-order valence-electron chi connectivity index (χ4n) is 2.40. The number of methoxy groups -OCH3 is 1. The van der Waals surface area contributed by atoms with Crippen LogP contribution in [0.15, 0.2) is 17.5 Å². The third-order valence-electron chi connectivity index (χ3n) is 3.57. The molecule has 1 aliphatic rings. The predicted molar refractivity (Wildman–Crippen MR) is 79.8 cm³/mol. The van der Waals surface area contributed by atoms with Crippen molar-refractivity contribution in [2.75, 3.05) is 20.2 Å². The Morgan fingerprint density at radius 2 is 2.27 bits per heavy atom. The van der Waals surface area contributed by atoms with Crippen LogP contribution in [0, 0.1) is 0 Å². The number of carboxylic acids is 1. The molecule has 120 valence electrons. The number of hydrogen-bond acceptors (Lipinski definition) is 5. The standard InChI is InChI=1S/C14H18N2O5S/c1-21-9-7-10(14(19)20)16(8-9)12(17)4-5-15-13(18)11-3-2-6-22-11/h2-3,6,9-10H,4-5,7-8H2,1H3,(H,15,18)(H,19,20). The number of carbonyl (C=O) groups excluding carboxylic acids is 2. The van der Waals surface area contributed by atoms with E-state index < -0.39 is 12.0 Å². The van der Waals surface area contributed by atoms with Gasteiger partial charge in [-0.25, -0.2) is 4.79 Å². The van der Waals surface area contributed by atoms with Crippen molar-refractivity contribution in [2.45, 2.75) is 25.0 Å². The van der Waals surface area contributed by atoms with Crippen LogP contribution in [-0.4, -0.2) is 60.1 Å². The number of likely N-dealkylation sites (tertiary alicyclic amines) is 1. The SMILES string of the molecule is COC1CC(C(=O)O)N(C(=O)CCNC(=O)c2cccs2)C1. The normalized spacial score (nSPS) is 20.9. The molecule has 1 aromatic rings. The minimum absolute atomic E-state index is 0.0668. The topological polar surface area (TPSA) is 95.9 Å². The molecule has 0 bridgehead atoms. The quantitative estimate of drug-likeness (QED) is 0.797. The lowest BCUT2D eigenvalue weighted by molar-refractivity contribution is -0.148. The first-order valence-electron chi connectivity index (χ1n) is 6.89. The molecule has 0 aliphatic carbocycles. The zero-order valence-corrected chi connectivity index (χ0v) is 13.0. The van der Waals surface area contributed by atoms with Crippen LogP contribution in [0.25, 0.3) is 0 Å². The van der Waals surface area contributed by atoms with E-state index in [1.54, 1.807) is 17.5 Å². The van der Waals surface area contributed by atoms with Crippen molar-refractivity contribution in [2.24, 2.45) is 0 Å². The van der Waals surface area contributed by atoms with Crippen molar-refractivity contribution in [1.82, 2.24) is 10.2 Å². The van der Waals surface area contributed by atoms with E-state index in [0.29, 0.717) is 11.3 Å². The Bertz CT molecular complexity index is 545. The minimum Gasteiger partial charge on any atom is -0.480 e. The Labute approximate surface area is 131 Å². The average molecular weight is 326 g/mol. The number of nitrogens with one attached hydrogen (secondary N) is 1. The van der Waals surface area contributed by atoms with Gasteiger partial charge in [0.25, 0.3) is 5.91 Å². The van der Waals surface area contributed by atoms with Gasteiger partial charge in [0.05, 0.1) is 11.0 Å². The third kappa shape index (κ3) is 3.83. The number of thiophene rings is 1. The second-order valence-electron chi connectivity index (χ2n) is 4.98. The van der Waals surface area contributed by atoms with E-state index in [1.807, 2.05) is 0 Å². The zero-order valence-electron chi connectivity index (χ0n) is 12.2. The maximum absolute atomic E-state index is 12.1. The van der Waals surface area contributed by atoms with Crippen molar-refractivity contribution in [1.29, 1.82) is 0 Å². The Balaban J connectivity index is 1.83. The monoisotopic (exact) mass is 326 g/mol. The summed E-state index contributed by atoms with van der Waals surface area (Å²) in [5.41, 5.74) is 0. The maximum atomic E-state index is 12.1. The van der Waals surface area contributed by atoms with Gasteiger partial charge in [-0.2, -0.15) is 0 Å². The lowest BCUT2D eigenvalue weighted by Crippen LogP contribution is -2.41. The number of carboxylic acid groups (broad SMARTS) is 1. The summed E-state index contributed by atoms with van der Waals surface area (Å²) in [7, 11) is 1.50. The highest BCUT2D eigenvalue weighted by Gasteiger charge is 2.39. The third-order valence-corrected chi connectivity index (χ3v) is 4.44.